The smallest absolute Gasteiger partial charge is 0.339 e. The fourth-order valence-electron chi connectivity index (χ4n) is 4.95. The monoisotopic (exact) mass is 640 g/mol. The van der Waals surface area contributed by atoms with Crippen LogP contribution in [0.2, 0.25) is 0 Å². The molecule has 9 heteroatoms. The van der Waals surface area contributed by atoms with E-state index in [4.69, 9.17) is 7.81 Å². The van der Waals surface area contributed by atoms with E-state index in [0.29, 0.717) is 20.1 Å². The molecular formula is C35H28O6S3. The topological polar surface area (TPSA) is 86.7 Å². The van der Waals surface area contributed by atoms with Crippen LogP contribution < -0.4 is 4.18 Å². The fourth-order valence-corrected chi connectivity index (χ4v) is 11.3. The van der Waals surface area contributed by atoms with Crippen molar-refractivity contribution >= 4 is 41.3 Å². The molecule has 222 valence electrons. The van der Waals surface area contributed by atoms with Crippen LogP contribution in [0.25, 0.3) is 10.8 Å². The minimum atomic E-state index is -4.47. The highest BCUT2D eigenvalue weighted by Crippen LogP contribution is 2.70. The van der Waals surface area contributed by atoms with Crippen molar-refractivity contribution in [2.45, 2.75) is 31.4 Å². The predicted octanol–water partition coefficient (Wildman–Crippen LogP) is 8.52. The van der Waals surface area contributed by atoms with Crippen LogP contribution in [0.5, 0.6) is 5.75 Å². The molecule has 0 aliphatic rings. The normalized spacial score (nSPS) is 12.6. The van der Waals surface area contributed by atoms with Gasteiger partial charge in [-0.1, -0.05) is 96.6 Å². The van der Waals surface area contributed by atoms with Gasteiger partial charge >= 0.3 is 20.2 Å². The summed E-state index contributed by atoms with van der Waals surface area (Å²) in [5.41, 5.74) is 0.906. The Balaban J connectivity index is 1.50. The lowest BCUT2D eigenvalue weighted by Gasteiger charge is -2.39. The van der Waals surface area contributed by atoms with Gasteiger partial charge in [-0.05, 0) is 77.9 Å². The molecule has 0 bridgehead atoms. The van der Waals surface area contributed by atoms with Gasteiger partial charge in [-0.25, -0.2) is 3.63 Å². The van der Waals surface area contributed by atoms with E-state index in [2.05, 4.69) is 0 Å². The molecule has 44 heavy (non-hydrogen) atoms. The maximum Gasteiger partial charge on any atom is 0.339 e. The molecule has 6 nitrogen and oxygen atoms in total. The summed E-state index contributed by atoms with van der Waals surface area (Å²) in [7, 11) is -11.5. The quantitative estimate of drug-likeness (QED) is 0.147. The van der Waals surface area contributed by atoms with Gasteiger partial charge in [0.1, 0.15) is 9.79 Å². The van der Waals surface area contributed by atoms with Crippen molar-refractivity contribution in [1.29, 1.82) is 0 Å². The summed E-state index contributed by atoms with van der Waals surface area (Å²) >= 11 is 0. The van der Waals surface area contributed by atoms with Crippen molar-refractivity contribution in [3.8, 4) is 5.75 Å². The second kappa shape index (κ2) is 11.9. The first-order valence-electron chi connectivity index (χ1n) is 13.7. The molecule has 0 unspecified atom stereocenters. The lowest BCUT2D eigenvalue weighted by Crippen LogP contribution is -2.15. The summed E-state index contributed by atoms with van der Waals surface area (Å²) in [4.78, 5) is 2.00. The summed E-state index contributed by atoms with van der Waals surface area (Å²) in [6, 6.07) is 43.6. The number of rotatable bonds is 9. The van der Waals surface area contributed by atoms with E-state index in [1.165, 1.54) is 24.3 Å². The van der Waals surface area contributed by atoms with Crippen LogP contribution in [-0.4, -0.2) is 16.8 Å². The van der Waals surface area contributed by atoms with Crippen LogP contribution in [0.1, 0.15) is 5.56 Å². The van der Waals surface area contributed by atoms with Gasteiger partial charge < -0.3 is 4.18 Å². The van der Waals surface area contributed by atoms with Crippen LogP contribution in [0.15, 0.2) is 176 Å². The number of aryl methyl sites for hydroxylation is 1. The van der Waals surface area contributed by atoms with Gasteiger partial charge in [-0.2, -0.15) is 16.8 Å². The third-order valence-corrected chi connectivity index (χ3v) is 13.5. The van der Waals surface area contributed by atoms with E-state index in [0.717, 1.165) is 5.56 Å². The average Bonchev–Trinajstić information content (AvgIpc) is 3.05. The highest BCUT2D eigenvalue weighted by atomic mass is 32.3. The van der Waals surface area contributed by atoms with Crippen LogP contribution in [0.3, 0.4) is 0 Å². The van der Waals surface area contributed by atoms with E-state index in [9.17, 15) is 16.8 Å². The Hall–Kier alpha value is -4.41. The Morgan fingerprint density at radius 2 is 0.909 bits per heavy atom. The molecule has 0 spiro atoms. The van der Waals surface area contributed by atoms with Gasteiger partial charge in [0, 0.05) is 25.5 Å². The first-order chi connectivity index (χ1) is 21.2. The molecule has 0 fully saturated rings. The van der Waals surface area contributed by atoms with Crippen molar-refractivity contribution in [1.82, 2.24) is 0 Å². The molecule has 0 saturated carbocycles. The molecule has 0 saturated heterocycles. The van der Waals surface area contributed by atoms with Crippen molar-refractivity contribution in [3.63, 3.8) is 0 Å². The number of fused-ring (bicyclic) bond motifs is 1. The fraction of sp³-hybridized carbons (Fsp3) is 0.0286. The van der Waals surface area contributed by atoms with E-state index in [-0.39, 0.29) is 20.9 Å². The maximum atomic E-state index is 14.5. The summed E-state index contributed by atoms with van der Waals surface area (Å²) in [5, 5.41) is 0.583. The van der Waals surface area contributed by atoms with Gasteiger partial charge in [0.25, 0.3) is 0 Å². The van der Waals surface area contributed by atoms with Gasteiger partial charge in [0.2, 0.25) is 0 Å². The van der Waals surface area contributed by atoms with Gasteiger partial charge in [-0.15, -0.1) is 0 Å². The summed E-state index contributed by atoms with van der Waals surface area (Å²) in [6.45, 7) is 1.86. The van der Waals surface area contributed by atoms with Gasteiger partial charge in [-0.3, -0.25) is 0 Å². The van der Waals surface area contributed by atoms with E-state index >= 15 is 0 Å². The molecule has 0 aliphatic carbocycles. The van der Waals surface area contributed by atoms with Crippen molar-refractivity contribution in [3.05, 3.63) is 157 Å². The van der Waals surface area contributed by atoms with Crippen molar-refractivity contribution in [2.75, 3.05) is 0 Å². The number of benzene rings is 6. The second-order valence-corrected chi connectivity index (χ2v) is 15.9. The Labute approximate surface area is 259 Å². The lowest BCUT2D eigenvalue weighted by atomic mass is 10.1. The minimum absolute atomic E-state index is 0.00539. The molecule has 0 N–H and O–H groups in total. The highest BCUT2D eigenvalue weighted by Gasteiger charge is 2.38. The average molecular weight is 641 g/mol. The highest BCUT2D eigenvalue weighted by molar-refractivity contribution is 8.33. The third kappa shape index (κ3) is 5.62. The van der Waals surface area contributed by atoms with E-state index < -0.39 is 30.5 Å². The first kappa shape index (κ1) is 29.7. The van der Waals surface area contributed by atoms with Crippen molar-refractivity contribution in [2.24, 2.45) is 0 Å². The Morgan fingerprint density at radius 1 is 0.432 bits per heavy atom. The summed E-state index contributed by atoms with van der Waals surface area (Å²) in [5.74, 6) is 0.00733. The molecule has 6 rings (SSSR count). The lowest BCUT2D eigenvalue weighted by molar-refractivity contribution is 0.488. The zero-order valence-electron chi connectivity index (χ0n) is 23.6. The van der Waals surface area contributed by atoms with Crippen LogP contribution >= 0.6 is 10.3 Å². The molecule has 6 aromatic carbocycles. The first-order valence-corrected chi connectivity index (χ1v) is 18.1. The zero-order chi connectivity index (χ0) is 30.8. The van der Waals surface area contributed by atoms with E-state index in [1.807, 2.05) is 97.9 Å². The summed E-state index contributed by atoms with van der Waals surface area (Å²) < 4.78 is 67.3. The van der Waals surface area contributed by atoms with Gasteiger partial charge in [0.05, 0.1) is 0 Å². The largest absolute Gasteiger partial charge is 0.378 e. The standard InChI is InChI=1S/C35H28O6S3/c1-27-23-25-31(26-24-27)43(36,37)40-34-21-11-20-33-32(34)19-12-22-35(33)44(38,39)41-42(28-13-5-2-6-14-28,29-15-7-3-8-16-29)30-17-9-4-10-18-30/h2-26H,1H3. The molecule has 0 atom stereocenters. The van der Waals surface area contributed by atoms with Crippen LogP contribution in [0, 0.1) is 6.92 Å². The third-order valence-electron chi connectivity index (χ3n) is 7.04. The second-order valence-electron chi connectivity index (χ2n) is 9.98. The zero-order valence-corrected chi connectivity index (χ0v) is 26.1. The Bertz CT molecular complexity index is 2040. The van der Waals surface area contributed by atoms with Crippen LogP contribution in [-0.2, 0) is 23.9 Å². The number of hydrogen-bond acceptors (Lipinski definition) is 6. The molecule has 0 heterocycles. The van der Waals surface area contributed by atoms with E-state index in [1.54, 1.807) is 36.4 Å². The predicted molar refractivity (Wildman–Crippen MR) is 173 cm³/mol. The van der Waals surface area contributed by atoms with Gasteiger partial charge in [0.15, 0.2) is 5.75 Å². The molecule has 0 aliphatic heterocycles. The maximum absolute atomic E-state index is 14.5. The molecule has 6 aromatic rings. The molecule has 0 radical (unpaired) electrons. The Morgan fingerprint density at radius 3 is 1.43 bits per heavy atom. The number of hydrogen-bond donors (Lipinski definition) is 0. The summed E-state index contributed by atoms with van der Waals surface area (Å²) in [6.07, 6.45) is 0. The Kier molecular flexibility index (Phi) is 8.04. The minimum Gasteiger partial charge on any atom is -0.378 e. The molecule has 0 aromatic heterocycles. The molecular weight excluding hydrogens is 613 g/mol. The van der Waals surface area contributed by atoms with Crippen LogP contribution in [0.4, 0.5) is 0 Å². The SMILES string of the molecule is Cc1ccc(S(=O)(=O)Oc2cccc3c(S(=O)(=O)OS(c4ccccc4)(c4ccccc4)c4ccccc4)cccc23)cc1. The van der Waals surface area contributed by atoms with Crippen molar-refractivity contribution < 1.29 is 24.6 Å². The molecule has 0 amide bonds.